The number of hydrogen-bond acceptors (Lipinski definition) is 7. The fourth-order valence-electron chi connectivity index (χ4n) is 2.54. The van der Waals surface area contributed by atoms with Crippen LogP contribution >= 0.6 is 11.6 Å². The maximum absolute atomic E-state index is 14.3. The van der Waals surface area contributed by atoms with Crippen molar-refractivity contribution in [2.24, 2.45) is 0 Å². The minimum atomic E-state index is -0.649. The van der Waals surface area contributed by atoms with Gasteiger partial charge in [-0.3, -0.25) is 4.79 Å². The molecule has 0 saturated carbocycles. The molecule has 1 amide bonds. The Morgan fingerprint density at radius 1 is 1.15 bits per heavy atom. The van der Waals surface area contributed by atoms with Gasteiger partial charge in [0.15, 0.2) is 11.6 Å². The summed E-state index contributed by atoms with van der Waals surface area (Å²) in [7, 11) is 1.61. The Kier molecular flexibility index (Phi) is 9.59. The van der Waals surface area contributed by atoms with Crippen molar-refractivity contribution in [1.82, 2.24) is 9.97 Å². The lowest BCUT2D eigenvalue weighted by Crippen LogP contribution is -2.08. The first-order chi connectivity index (χ1) is 15.5. The molecule has 8 nitrogen and oxygen atoms in total. The smallest absolute Gasteiger partial charge is 0.247 e. The van der Waals surface area contributed by atoms with E-state index in [1.54, 1.807) is 49.6 Å². The quantitative estimate of drug-likeness (QED) is 0.262. The Labute approximate surface area is 196 Å². The van der Waals surface area contributed by atoms with Gasteiger partial charge < -0.3 is 25.4 Å². The molecule has 0 fully saturated rings. The van der Waals surface area contributed by atoms with Crippen LogP contribution < -0.4 is 20.7 Å². The maximum Gasteiger partial charge on any atom is 0.247 e. The second-order valence-electron chi connectivity index (χ2n) is 6.39. The first-order valence-electron chi connectivity index (χ1n) is 9.50. The Balaban J connectivity index is 0.00000385. The summed E-state index contributed by atoms with van der Waals surface area (Å²) in [5.41, 5.74) is 1.51. The van der Waals surface area contributed by atoms with E-state index < -0.39 is 11.7 Å². The topological polar surface area (TPSA) is 97.4 Å². The van der Waals surface area contributed by atoms with Crippen LogP contribution in [-0.4, -0.2) is 36.2 Å². The van der Waals surface area contributed by atoms with Crippen LogP contribution in [0.25, 0.3) is 0 Å². The molecule has 10 heteroatoms. The van der Waals surface area contributed by atoms with E-state index in [1.165, 1.54) is 0 Å². The van der Waals surface area contributed by atoms with Gasteiger partial charge in [0, 0.05) is 18.5 Å². The number of rotatable bonds is 10. The Hall–Kier alpha value is -3.69. The zero-order chi connectivity index (χ0) is 22.9. The van der Waals surface area contributed by atoms with Crippen LogP contribution in [-0.2, 0) is 9.53 Å². The summed E-state index contributed by atoms with van der Waals surface area (Å²) in [6, 6.07) is 11.9. The van der Waals surface area contributed by atoms with Crippen LogP contribution in [0, 0.1) is 5.82 Å². The SMILES string of the molecule is C.C=CC(=O)Nc1cc(Nc2nc(Nc3ccc(OCCOC)cc3)ncc2F)ccc1Cl. The third-order valence-electron chi connectivity index (χ3n) is 4.08. The molecule has 33 heavy (non-hydrogen) atoms. The van der Waals surface area contributed by atoms with Gasteiger partial charge in [0.2, 0.25) is 11.9 Å². The first-order valence-corrected chi connectivity index (χ1v) is 9.87. The average Bonchev–Trinajstić information content (AvgIpc) is 2.79. The molecule has 174 valence electrons. The van der Waals surface area contributed by atoms with Gasteiger partial charge in [-0.1, -0.05) is 25.6 Å². The van der Waals surface area contributed by atoms with Crippen LogP contribution in [0.4, 0.5) is 33.2 Å². The number of benzene rings is 2. The van der Waals surface area contributed by atoms with Gasteiger partial charge in [0.25, 0.3) is 0 Å². The highest BCUT2D eigenvalue weighted by Crippen LogP contribution is 2.28. The molecule has 3 N–H and O–H groups in total. The predicted octanol–water partition coefficient (Wildman–Crippen LogP) is 5.54. The Bertz CT molecular complexity index is 1100. The molecule has 3 aromatic rings. The van der Waals surface area contributed by atoms with E-state index in [0.717, 1.165) is 12.3 Å². The molecule has 0 aliphatic rings. The monoisotopic (exact) mass is 473 g/mol. The maximum atomic E-state index is 14.3. The number of hydrogen-bond donors (Lipinski definition) is 3. The number of ether oxygens (including phenoxy) is 2. The lowest BCUT2D eigenvalue weighted by Gasteiger charge is -2.12. The summed E-state index contributed by atoms with van der Waals surface area (Å²) in [6.45, 7) is 4.34. The van der Waals surface area contributed by atoms with Gasteiger partial charge in [0.05, 0.1) is 23.5 Å². The van der Waals surface area contributed by atoms with Gasteiger partial charge in [-0.25, -0.2) is 9.37 Å². The summed E-state index contributed by atoms with van der Waals surface area (Å²) in [4.78, 5) is 19.7. The number of anilines is 5. The number of nitrogens with zero attached hydrogens (tertiary/aromatic N) is 2. The molecule has 0 aliphatic heterocycles. The molecular weight excluding hydrogens is 449 g/mol. The van der Waals surface area contributed by atoms with Gasteiger partial charge in [-0.15, -0.1) is 0 Å². The standard InChI is InChI=1S/C22H21ClFN5O3.CH4/c1-3-20(30)28-19-12-15(6-9-17(19)23)26-21-18(24)13-25-22(29-21)27-14-4-7-16(8-5-14)32-11-10-31-2;/h3-9,12-13H,1,10-11H2,2H3,(H,28,30)(H2,25,26,27,29);1H4. The van der Waals surface area contributed by atoms with Crippen molar-refractivity contribution in [3.8, 4) is 5.75 Å². The normalized spacial score (nSPS) is 10.0. The molecule has 2 aromatic carbocycles. The fourth-order valence-corrected chi connectivity index (χ4v) is 2.71. The lowest BCUT2D eigenvalue weighted by molar-refractivity contribution is -0.111. The van der Waals surface area contributed by atoms with Gasteiger partial charge in [-0.2, -0.15) is 4.98 Å². The molecule has 0 spiro atoms. The molecule has 3 rings (SSSR count). The minimum Gasteiger partial charge on any atom is -0.491 e. The zero-order valence-corrected chi connectivity index (χ0v) is 17.9. The number of aromatic nitrogens is 2. The predicted molar refractivity (Wildman–Crippen MR) is 129 cm³/mol. The summed E-state index contributed by atoms with van der Waals surface area (Å²) in [5, 5.41) is 8.77. The summed E-state index contributed by atoms with van der Waals surface area (Å²) in [6.07, 6.45) is 2.17. The average molecular weight is 474 g/mol. The molecule has 0 saturated heterocycles. The third kappa shape index (κ3) is 7.44. The number of carbonyl (C=O) groups is 1. The highest BCUT2D eigenvalue weighted by molar-refractivity contribution is 6.34. The molecular formula is C23H25ClFN5O3. The molecule has 0 atom stereocenters. The van der Waals surface area contributed by atoms with E-state index in [1.807, 2.05) is 0 Å². The van der Waals surface area contributed by atoms with E-state index in [9.17, 15) is 9.18 Å². The number of methoxy groups -OCH3 is 1. The molecule has 0 aliphatic carbocycles. The highest BCUT2D eigenvalue weighted by Gasteiger charge is 2.10. The van der Waals surface area contributed by atoms with Crippen molar-refractivity contribution in [3.05, 3.63) is 72.2 Å². The summed E-state index contributed by atoms with van der Waals surface area (Å²) >= 11 is 6.09. The first kappa shape index (κ1) is 25.6. The minimum absolute atomic E-state index is 0. The van der Waals surface area contributed by atoms with Crippen LogP contribution in [0.2, 0.25) is 5.02 Å². The van der Waals surface area contributed by atoms with Crippen LogP contribution in [0.15, 0.2) is 61.3 Å². The van der Waals surface area contributed by atoms with Crippen LogP contribution in [0.5, 0.6) is 5.75 Å². The van der Waals surface area contributed by atoms with E-state index in [4.69, 9.17) is 21.1 Å². The Morgan fingerprint density at radius 2 is 1.88 bits per heavy atom. The van der Waals surface area contributed by atoms with Crippen molar-refractivity contribution in [3.63, 3.8) is 0 Å². The van der Waals surface area contributed by atoms with Crippen molar-refractivity contribution in [1.29, 1.82) is 0 Å². The van der Waals surface area contributed by atoms with Crippen molar-refractivity contribution >= 4 is 46.3 Å². The third-order valence-corrected chi connectivity index (χ3v) is 4.41. The molecule has 0 unspecified atom stereocenters. The van der Waals surface area contributed by atoms with Gasteiger partial charge in [-0.05, 0) is 48.5 Å². The van der Waals surface area contributed by atoms with Gasteiger partial charge in [0.1, 0.15) is 12.4 Å². The zero-order valence-electron chi connectivity index (χ0n) is 17.2. The van der Waals surface area contributed by atoms with Crippen molar-refractivity contribution in [2.75, 3.05) is 36.3 Å². The lowest BCUT2D eigenvalue weighted by atomic mass is 10.2. The largest absolute Gasteiger partial charge is 0.491 e. The highest BCUT2D eigenvalue weighted by atomic mass is 35.5. The van der Waals surface area contributed by atoms with Crippen LogP contribution in [0.3, 0.4) is 0 Å². The number of nitrogens with one attached hydrogen (secondary N) is 3. The number of amides is 1. The molecule has 0 radical (unpaired) electrons. The molecule has 1 heterocycles. The second-order valence-corrected chi connectivity index (χ2v) is 6.80. The van der Waals surface area contributed by atoms with E-state index in [0.29, 0.717) is 41.0 Å². The van der Waals surface area contributed by atoms with Crippen molar-refractivity contribution < 1.29 is 18.7 Å². The molecule has 0 bridgehead atoms. The number of halogens is 2. The summed E-state index contributed by atoms with van der Waals surface area (Å²) < 4.78 is 24.8. The van der Waals surface area contributed by atoms with Gasteiger partial charge >= 0.3 is 0 Å². The number of carbonyl (C=O) groups excluding carboxylic acids is 1. The van der Waals surface area contributed by atoms with Crippen LogP contribution in [0.1, 0.15) is 7.43 Å². The van der Waals surface area contributed by atoms with Crippen molar-refractivity contribution in [2.45, 2.75) is 7.43 Å². The molecule has 1 aromatic heterocycles. The second kappa shape index (κ2) is 12.4. The Morgan fingerprint density at radius 3 is 2.58 bits per heavy atom. The fraction of sp³-hybridized carbons (Fsp3) is 0.174. The van der Waals surface area contributed by atoms with E-state index >= 15 is 0 Å². The van der Waals surface area contributed by atoms with E-state index in [2.05, 4.69) is 32.5 Å². The van der Waals surface area contributed by atoms with E-state index in [-0.39, 0.29) is 19.2 Å². The summed E-state index contributed by atoms with van der Waals surface area (Å²) in [5.74, 6) is -0.235.